The zero-order chi connectivity index (χ0) is 16.2. The molecule has 116 valence electrons. The van der Waals surface area contributed by atoms with Crippen LogP contribution in [-0.2, 0) is 0 Å². The van der Waals surface area contributed by atoms with Crippen molar-refractivity contribution in [2.75, 3.05) is 14.2 Å². The van der Waals surface area contributed by atoms with Gasteiger partial charge in [0.1, 0.15) is 5.82 Å². The molecule has 0 radical (unpaired) electrons. The van der Waals surface area contributed by atoms with Crippen molar-refractivity contribution in [3.63, 3.8) is 0 Å². The van der Waals surface area contributed by atoms with Crippen LogP contribution in [0.2, 0.25) is 0 Å². The van der Waals surface area contributed by atoms with Crippen molar-refractivity contribution in [2.24, 2.45) is 0 Å². The molecule has 1 aromatic heterocycles. The third-order valence-electron chi connectivity index (χ3n) is 3.49. The Hall–Kier alpha value is -3.08. The normalized spacial score (nSPS) is 11.0. The Labute approximate surface area is 133 Å². The number of para-hydroxylation sites is 2. The van der Waals surface area contributed by atoms with Gasteiger partial charge in [-0.15, -0.1) is 0 Å². The van der Waals surface area contributed by atoms with Crippen molar-refractivity contribution in [3.05, 3.63) is 64.2 Å². The third kappa shape index (κ3) is 2.94. The highest BCUT2D eigenvalue weighted by molar-refractivity contribution is 5.79. The van der Waals surface area contributed by atoms with Crippen LogP contribution < -0.4 is 15.0 Å². The van der Waals surface area contributed by atoms with Crippen LogP contribution >= 0.6 is 0 Å². The van der Waals surface area contributed by atoms with Gasteiger partial charge in [0.2, 0.25) is 0 Å². The molecule has 0 aliphatic carbocycles. The zero-order valence-corrected chi connectivity index (χ0v) is 12.9. The second kappa shape index (κ2) is 6.36. The fraction of sp³-hybridized carbons (Fsp3) is 0.111. The molecule has 1 N–H and O–H groups in total. The van der Waals surface area contributed by atoms with Crippen molar-refractivity contribution >= 4 is 23.1 Å². The highest BCUT2D eigenvalue weighted by Crippen LogP contribution is 2.31. The van der Waals surface area contributed by atoms with E-state index < -0.39 is 0 Å². The molecule has 0 saturated carbocycles. The first-order valence-corrected chi connectivity index (χ1v) is 7.11. The number of aromatic nitrogens is 2. The van der Waals surface area contributed by atoms with Crippen molar-refractivity contribution in [2.45, 2.75) is 0 Å². The van der Waals surface area contributed by atoms with Gasteiger partial charge in [0, 0.05) is 5.56 Å². The summed E-state index contributed by atoms with van der Waals surface area (Å²) < 4.78 is 10.7. The second-order valence-corrected chi connectivity index (χ2v) is 4.88. The van der Waals surface area contributed by atoms with E-state index in [-0.39, 0.29) is 5.56 Å². The standard InChI is InChI=1S/C18H16N2O3/c1-22-15-9-5-6-12(17(15)23-2)10-11-16-19-14-8-4-3-7-13(14)18(21)20-16/h3-11H,1-2H3,(H,19,20,21). The van der Waals surface area contributed by atoms with Crippen LogP contribution in [0, 0.1) is 0 Å². The molecule has 2 aromatic carbocycles. The average molecular weight is 308 g/mol. The number of nitrogens with zero attached hydrogens (tertiary/aromatic N) is 1. The summed E-state index contributed by atoms with van der Waals surface area (Å²) in [6.07, 6.45) is 3.57. The lowest BCUT2D eigenvalue weighted by molar-refractivity contribution is 0.354. The van der Waals surface area contributed by atoms with Gasteiger partial charge < -0.3 is 14.5 Å². The number of fused-ring (bicyclic) bond motifs is 1. The molecule has 3 aromatic rings. The van der Waals surface area contributed by atoms with E-state index in [0.717, 1.165) is 5.56 Å². The molecule has 0 fully saturated rings. The van der Waals surface area contributed by atoms with E-state index in [1.54, 1.807) is 26.4 Å². The summed E-state index contributed by atoms with van der Waals surface area (Å²) in [4.78, 5) is 19.3. The number of hydrogen-bond donors (Lipinski definition) is 1. The summed E-state index contributed by atoms with van der Waals surface area (Å²) in [5.74, 6) is 1.77. The maximum absolute atomic E-state index is 12.1. The molecule has 0 aliphatic heterocycles. The maximum Gasteiger partial charge on any atom is 0.259 e. The summed E-state index contributed by atoms with van der Waals surface area (Å²) in [7, 11) is 3.18. The molecule has 0 unspecified atom stereocenters. The quantitative estimate of drug-likeness (QED) is 0.804. The van der Waals surface area contributed by atoms with Crippen LogP contribution in [0.5, 0.6) is 11.5 Å². The van der Waals surface area contributed by atoms with Gasteiger partial charge in [-0.3, -0.25) is 4.79 Å². The third-order valence-corrected chi connectivity index (χ3v) is 3.49. The Morgan fingerprint density at radius 2 is 1.83 bits per heavy atom. The molecule has 0 saturated heterocycles. The minimum absolute atomic E-state index is 0.159. The van der Waals surface area contributed by atoms with E-state index >= 15 is 0 Å². The number of H-pyrrole nitrogens is 1. The second-order valence-electron chi connectivity index (χ2n) is 4.88. The summed E-state index contributed by atoms with van der Waals surface area (Å²) in [5, 5.41) is 0.573. The van der Waals surface area contributed by atoms with Gasteiger partial charge in [-0.25, -0.2) is 4.98 Å². The van der Waals surface area contributed by atoms with Crippen LogP contribution in [0.4, 0.5) is 0 Å². The number of methoxy groups -OCH3 is 2. The Morgan fingerprint density at radius 1 is 1.00 bits per heavy atom. The molecular weight excluding hydrogens is 292 g/mol. The van der Waals surface area contributed by atoms with Crippen LogP contribution in [0.3, 0.4) is 0 Å². The maximum atomic E-state index is 12.1. The summed E-state index contributed by atoms with van der Waals surface area (Å²) in [6, 6.07) is 12.8. The topological polar surface area (TPSA) is 64.2 Å². The first-order chi connectivity index (χ1) is 11.2. The van der Waals surface area contributed by atoms with Gasteiger partial charge in [-0.05, 0) is 30.4 Å². The summed E-state index contributed by atoms with van der Waals surface area (Å²) in [6.45, 7) is 0. The first kappa shape index (κ1) is 14.8. The zero-order valence-electron chi connectivity index (χ0n) is 12.9. The van der Waals surface area contributed by atoms with E-state index in [1.807, 2.05) is 42.5 Å². The predicted molar refractivity (Wildman–Crippen MR) is 90.8 cm³/mol. The van der Waals surface area contributed by atoms with Crippen molar-refractivity contribution < 1.29 is 9.47 Å². The minimum Gasteiger partial charge on any atom is -0.493 e. The Balaban J connectivity index is 2.02. The molecule has 0 bridgehead atoms. The Morgan fingerprint density at radius 3 is 2.61 bits per heavy atom. The molecule has 0 atom stereocenters. The molecule has 0 amide bonds. The largest absolute Gasteiger partial charge is 0.493 e. The smallest absolute Gasteiger partial charge is 0.259 e. The predicted octanol–water partition coefficient (Wildman–Crippen LogP) is 3.11. The van der Waals surface area contributed by atoms with Crippen molar-refractivity contribution in [1.82, 2.24) is 9.97 Å². The molecule has 0 aliphatic rings. The van der Waals surface area contributed by atoms with E-state index in [0.29, 0.717) is 28.2 Å². The average Bonchev–Trinajstić information content (AvgIpc) is 2.59. The Bertz CT molecular complexity index is 929. The lowest BCUT2D eigenvalue weighted by Gasteiger charge is -2.09. The number of aromatic amines is 1. The molecule has 5 heteroatoms. The lowest BCUT2D eigenvalue weighted by atomic mass is 10.1. The number of nitrogens with one attached hydrogen (secondary N) is 1. The number of hydrogen-bond acceptors (Lipinski definition) is 4. The number of benzene rings is 2. The number of rotatable bonds is 4. The highest BCUT2D eigenvalue weighted by atomic mass is 16.5. The molecule has 23 heavy (non-hydrogen) atoms. The van der Waals surface area contributed by atoms with Crippen LogP contribution in [0.1, 0.15) is 11.4 Å². The van der Waals surface area contributed by atoms with Gasteiger partial charge in [-0.2, -0.15) is 0 Å². The molecule has 5 nitrogen and oxygen atoms in total. The van der Waals surface area contributed by atoms with Crippen LogP contribution in [-0.4, -0.2) is 24.2 Å². The molecule has 1 heterocycles. The lowest BCUT2D eigenvalue weighted by Crippen LogP contribution is -2.09. The fourth-order valence-electron chi connectivity index (χ4n) is 2.40. The van der Waals surface area contributed by atoms with E-state index in [9.17, 15) is 4.79 Å². The molecule has 3 rings (SSSR count). The van der Waals surface area contributed by atoms with Gasteiger partial charge in [0.05, 0.1) is 25.1 Å². The van der Waals surface area contributed by atoms with Gasteiger partial charge in [-0.1, -0.05) is 24.3 Å². The summed E-state index contributed by atoms with van der Waals surface area (Å²) in [5.41, 5.74) is 1.34. The van der Waals surface area contributed by atoms with Crippen molar-refractivity contribution in [3.8, 4) is 11.5 Å². The first-order valence-electron chi connectivity index (χ1n) is 7.11. The Kier molecular flexibility index (Phi) is 4.10. The summed E-state index contributed by atoms with van der Waals surface area (Å²) >= 11 is 0. The molecule has 0 spiro atoms. The van der Waals surface area contributed by atoms with Gasteiger partial charge >= 0.3 is 0 Å². The molecular formula is C18H16N2O3. The SMILES string of the molecule is COc1cccc(C=Cc2nc3ccccc3c(=O)[nH]2)c1OC. The van der Waals surface area contributed by atoms with Gasteiger partial charge in [0.25, 0.3) is 5.56 Å². The monoisotopic (exact) mass is 308 g/mol. The van der Waals surface area contributed by atoms with Crippen LogP contribution in [0.25, 0.3) is 23.1 Å². The fourth-order valence-corrected chi connectivity index (χ4v) is 2.40. The van der Waals surface area contributed by atoms with E-state index in [1.165, 1.54) is 0 Å². The van der Waals surface area contributed by atoms with E-state index in [4.69, 9.17) is 9.47 Å². The highest BCUT2D eigenvalue weighted by Gasteiger charge is 2.07. The van der Waals surface area contributed by atoms with Crippen molar-refractivity contribution in [1.29, 1.82) is 0 Å². The van der Waals surface area contributed by atoms with Crippen LogP contribution in [0.15, 0.2) is 47.3 Å². The van der Waals surface area contributed by atoms with E-state index in [2.05, 4.69) is 9.97 Å². The minimum atomic E-state index is -0.159. The number of ether oxygens (including phenoxy) is 2. The van der Waals surface area contributed by atoms with Gasteiger partial charge in [0.15, 0.2) is 11.5 Å².